The van der Waals surface area contributed by atoms with Crippen molar-refractivity contribution in [2.24, 2.45) is 17.8 Å². The Balaban J connectivity index is 1.67. The average molecular weight is 280 g/mol. The van der Waals surface area contributed by atoms with Crippen LogP contribution in [-0.2, 0) is 0 Å². The summed E-state index contributed by atoms with van der Waals surface area (Å²) in [6.07, 6.45) is 10.3. The topological polar surface area (TPSA) is 30.7 Å². The highest BCUT2D eigenvalue weighted by Gasteiger charge is 2.41. The lowest BCUT2D eigenvalue weighted by Crippen LogP contribution is -3.12. The van der Waals surface area contributed by atoms with Crippen LogP contribution in [0, 0.1) is 23.0 Å². The molecule has 3 nitrogen and oxygen atoms in total. The number of hydrogen-bond acceptors (Lipinski definition) is 2. The van der Waals surface area contributed by atoms with E-state index in [-0.39, 0.29) is 0 Å². The van der Waals surface area contributed by atoms with E-state index >= 15 is 0 Å². The zero-order chi connectivity index (χ0) is 14.1. The first-order valence-electron chi connectivity index (χ1n) is 8.88. The normalized spacial score (nSPS) is 47.0. The molecule has 3 heteroatoms. The van der Waals surface area contributed by atoms with Gasteiger partial charge in [-0.1, -0.05) is 6.92 Å². The Morgan fingerprint density at radius 3 is 2.80 bits per heavy atom. The predicted molar refractivity (Wildman–Crippen MR) is 82.5 cm³/mol. The molecule has 0 bridgehead atoms. The molecule has 0 amide bonds. The highest BCUT2D eigenvalue weighted by Crippen LogP contribution is 2.43. The molecule has 1 N–H and O–H groups in total. The van der Waals surface area contributed by atoms with Gasteiger partial charge in [0.25, 0.3) is 0 Å². The molecule has 2 unspecified atom stereocenters. The van der Waals surface area contributed by atoms with Crippen molar-refractivity contribution in [3.05, 3.63) is 5.21 Å². The van der Waals surface area contributed by atoms with Crippen LogP contribution < -0.4 is 5.06 Å². The first kappa shape index (κ1) is 14.8. The fourth-order valence-electron chi connectivity index (χ4n) is 5.31. The second-order valence-corrected chi connectivity index (χ2v) is 7.84. The summed E-state index contributed by atoms with van der Waals surface area (Å²) in [5.41, 5.74) is 0. The molecule has 116 valence electrons. The smallest absolute Gasteiger partial charge is 0.0874 e. The number of hydroxylamine groups is 2. The highest BCUT2D eigenvalue weighted by molar-refractivity contribution is 4.93. The number of rotatable bonds is 2. The van der Waals surface area contributed by atoms with Crippen molar-refractivity contribution in [2.75, 3.05) is 20.1 Å². The number of fused-ring (bicyclic) bond motifs is 1. The van der Waals surface area contributed by atoms with Crippen molar-refractivity contribution in [2.45, 2.75) is 70.4 Å². The zero-order valence-electron chi connectivity index (χ0n) is 13.3. The van der Waals surface area contributed by atoms with Gasteiger partial charge in [0.05, 0.1) is 12.6 Å². The number of likely N-dealkylation sites (tertiary alicyclic amines) is 1. The summed E-state index contributed by atoms with van der Waals surface area (Å²) in [6, 6.07) is 1.21. The minimum Gasteiger partial charge on any atom is -0.634 e. The van der Waals surface area contributed by atoms with Crippen LogP contribution in [0.4, 0.5) is 0 Å². The van der Waals surface area contributed by atoms with Crippen LogP contribution in [0.3, 0.4) is 0 Å². The molecule has 0 aromatic heterocycles. The molecule has 3 fully saturated rings. The van der Waals surface area contributed by atoms with Crippen molar-refractivity contribution in [3.8, 4) is 0 Å². The Bertz CT molecular complexity index is 322. The van der Waals surface area contributed by atoms with Crippen molar-refractivity contribution >= 4 is 0 Å². The van der Waals surface area contributed by atoms with E-state index < -0.39 is 0 Å². The monoisotopic (exact) mass is 280 g/mol. The van der Waals surface area contributed by atoms with Crippen LogP contribution >= 0.6 is 0 Å². The molecule has 6 atom stereocenters. The number of nitrogens with one attached hydrogen (secondary N) is 1. The summed E-state index contributed by atoms with van der Waals surface area (Å²) < 4.78 is 0. The first-order valence-corrected chi connectivity index (χ1v) is 8.88. The Hall–Kier alpha value is -0.120. The van der Waals surface area contributed by atoms with Crippen LogP contribution in [0.1, 0.15) is 58.3 Å². The van der Waals surface area contributed by atoms with Crippen LogP contribution in [0.2, 0.25) is 0 Å². The third-order valence-electron chi connectivity index (χ3n) is 6.33. The van der Waals surface area contributed by atoms with E-state index in [0.717, 1.165) is 36.8 Å². The summed E-state index contributed by atoms with van der Waals surface area (Å²) in [6.45, 7) is 4.57. The summed E-state index contributed by atoms with van der Waals surface area (Å²) in [5, 5.41) is 12.7. The molecule has 0 aromatic carbocycles. The maximum Gasteiger partial charge on any atom is 0.0874 e. The van der Waals surface area contributed by atoms with E-state index in [4.69, 9.17) is 0 Å². The molecule has 0 spiro atoms. The fourth-order valence-corrected chi connectivity index (χ4v) is 5.31. The van der Waals surface area contributed by atoms with Gasteiger partial charge in [-0.3, -0.25) is 0 Å². The molecule has 1 aliphatic carbocycles. The molecule has 2 saturated heterocycles. The van der Waals surface area contributed by atoms with Gasteiger partial charge < -0.3 is 15.2 Å². The Labute approximate surface area is 124 Å². The minimum atomic E-state index is 0.409. The molecule has 0 aromatic rings. The van der Waals surface area contributed by atoms with E-state index in [0.29, 0.717) is 11.1 Å². The van der Waals surface area contributed by atoms with Gasteiger partial charge in [-0.15, -0.1) is 0 Å². The lowest BCUT2D eigenvalue weighted by molar-refractivity contribution is -0.882. The van der Waals surface area contributed by atoms with Gasteiger partial charge >= 0.3 is 0 Å². The van der Waals surface area contributed by atoms with E-state index in [1.807, 2.05) is 0 Å². The van der Waals surface area contributed by atoms with E-state index in [2.05, 4.69) is 18.9 Å². The van der Waals surface area contributed by atoms with Crippen LogP contribution in [0.15, 0.2) is 0 Å². The largest absolute Gasteiger partial charge is 0.634 e. The van der Waals surface area contributed by atoms with E-state index in [1.54, 1.807) is 0 Å². The van der Waals surface area contributed by atoms with Gasteiger partial charge in [-0.25, -0.2) is 0 Å². The average Bonchev–Trinajstić information content (AvgIpc) is 2.42. The SMILES string of the molecule is C[C@H]1C[C@@H](CC2CCCC[NH+]2[O-])[C@H]2CCCN(C)[C@H]2C1. The Morgan fingerprint density at radius 1 is 1.15 bits per heavy atom. The van der Waals surface area contributed by atoms with E-state index in [9.17, 15) is 5.21 Å². The fraction of sp³-hybridized carbons (Fsp3) is 1.00. The van der Waals surface area contributed by atoms with Crippen LogP contribution in [0.5, 0.6) is 0 Å². The molecule has 2 heterocycles. The number of hydrogen-bond donors (Lipinski definition) is 1. The Morgan fingerprint density at radius 2 is 2.00 bits per heavy atom. The predicted octanol–water partition coefficient (Wildman–Crippen LogP) is 2.07. The summed E-state index contributed by atoms with van der Waals surface area (Å²) in [4.78, 5) is 2.61. The van der Waals surface area contributed by atoms with Gasteiger partial charge in [-0.2, -0.15) is 0 Å². The van der Waals surface area contributed by atoms with Crippen molar-refractivity contribution in [1.82, 2.24) is 4.90 Å². The molecule has 3 aliphatic rings. The molecule has 0 radical (unpaired) electrons. The zero-order valence-corrected chi connectivity index (χ0v) is 13.3. The number of nitrogens with zero attached hydrogens (tertiary/aromatic N) is 1. The highest BCUT2D eigenvalue weighted by atomic mass is 16.5. The third-order valence-corrected chi connectivity index (χ3v) is 6.33. The van der Waals surface area contributed by atoms with Gasteiger partial charge in [0.15, 0.2) is 0 Å². The Kier molecular flexibility index (Phi) is 4.68. The van der Waals surface area contributed by atoms with Crippen molar-refractivity contribution in [3.63, 3.8) is 0 Å². The lowest BCUT2D eigenvalue weighted by atomic mass is 9.66. The minimum absolute atomic E-state index is 0.409. The van der Waals surface area contributed by atoms with Gasteiger partial charge in [0, 0.05) is 12.5 Å². The molecule has 3 rings (SSSR count). The number of piperidine rings is 2. The maximum absolute atomic E-state index is 12.2. The van der Waals surface area contributed by atoms with Crippen molar-refractivity contribution < 1.29 is 5.06 Å². The first-order chi connectivity index (χ1) is 9.65. The standard InChI is InChI=1S/C17H32N2O/c1-13-10-14(12-15-6-3-4-9-19(15)20)16-7-5-8-18(2)17(16)11-13/h13-17,19H,3-12H2,1-2H3/t13-,14-,15?,16+,17-/m0/s1. The van der Waals surface area contributed by atoms with Crippen molar-refractivity contribution in [1.29, 1.82) is 0 Å². The second-order valence-electron chi connectivity index (χ2n) is 7.84. The molecule has 2 aliphatic heterocycles. The van der Waals surface area contributed by atoms with Gasteiger partial charge in [-0.05, 0) is 76.3 Å². The molecular formula is C17H32N2O. The van der Waals surface area contributed by atoms with Gasteiger partial charge in [0.1, 0.15) is 0 Å². The number of quaternary nitrogens is 1. The van der Waals surface area contributed by atoms with Crippen LogP contribution in [-0.4, -0.2) is 37.1 Å². The summed E-state index contributed by atoms with van der Waals surface area (Å²) in [7, 11) is 2.32. The summed E-state index contributed by atoms with van der Waals surface area (Å²) >= 11 is 0. The molecule has 1 saturated carbocycles. The van der Waals surface area contributed by atoms with Crippen LogP contribution in [0.25, 0.3) is 0 Å². The second kappa shape index (κ2) is 6.33. The third kappa shape index (κ3) is 3.05. The molecule has 20 heavy (non-hydrogen) atoms. The maximum atomic E-state index is 12.2. The van der Waals surface area contributed by atoms with Gasteiger partial charge in [0.2, 0.25) is 0 Å². The van der Waals surface area contributed by atoms with E-state index in [1.165, 1.54) is 51.5 Å². The summed E-state index contributed by atoms with van der Waals surface area (Å²) in [5.74, 6) is 2.54. The quantitative estimate of drug-likeness (QED) is 0.785. The lowest BCUT2D eigenvalue weighted by Gasteiger charge is -2.50. The molecular weight excluding hydrogens is 248 g/mol.